The van der Waals surface area contributed by atoms with Crippen LogP contribution in [0, 0.1) is 6.92 Å². The fourth-order valence-corrected chi connectivity index (χ4v) is 9.62. The van der Waals surface area contributed by atoms with Crippen molar-refractivity contribution in [3.63, 3.8) is 0 Å². The SMILES string of the molecule is CCCCCCCCCCCCCCC[CH2][Pd][CH2]CCCCCCCCCCCCCCC.CCCCc1ccc(C2=CC=C(c3cccc(C)c3)[N+]2=[N-])cc1. The molecule has 1 heterocycles. The van der Waals surface area contributed by atoms with E-state index in [-0.39, 0.29) is 0 Å². The van der Waals surface area contributed by atoms with Crippen molar-refractivity contribution < 1.29 is 22.7 Å². The van der Waals surface area contributed by atoms with Crippen LogP contribution in [0.15, 0.2) is 60.7 Å². The first-order chi connectivity index (χ1) is 27.6. The first kappa shape index (κ1) is 50.3. The van der Waals surface area contributed by atoms with Gasteiger partial charge in [-0.25, -0.2) is 4.70 Å². The number of rotatable bonds is 35. The summed E-state index contributed by atoms with van der Waals surface area (Å²) in [5.74, 6) is 0. The Hall–Kier alpha value is -1.82. The summed E-state index contributed by atoms with van der Waals surface area (Å²) in [7, 11) is 0. The van der Waals surface area contributed by atoms with Crippen molar-refractivity contribution in [1.82, 2.24) is 0 Å². The molecule has 0 fully saturated rings. The van der Waals surface area contributed by atoms with Crippen molar-refractivity contribution >= 4 is 11.4 Å². The van der Waals surface area contributed by atoms with E-state index in [1.165, 1.54) is 208 Å². The Morgan fingerprint density at radius 3 is 1.20 bits per heavy atom. The summed E-state index contributed by atoms with van der Waals surface area (Å²) in [5, 5.41) is 0. The number of unbranched alkanes of at least 4 members (excludes halogenated alkanes) is 27. The standard InChI is InChI=1S/C21H22N2.2C16H33.Pd/c1-3-4-7-17-9-11-18(12-10-17)20-13-14-21(23(20)22)19-8-5-6-16(2)15-19;2*1-3-5-7-9-11-13-15-16-14-12-10-8-6-4-2;/h5-6,8-15H,3-4,7H2,1-2H3;2*1,3-16H2,2H3;. The number of hydrogen-bond donors (Lipinski definition) is 0. The van der Waals surface area contributed by atoms with Crippen molar-refractivity contribution in [3.05, 3.63) is 88.5 Å². The van der Waals surface area contributed by atoms with Crippen LogP contribution in [0.25, 0.3) is 16.9 Å². The van der Waals surface area contributed by atoms with Gasteiger partial charge in [-0.1, -0.05) is 95.5 Å². The van der Waals surface area contributed by atoms with E-state index in [0.29, 0.717) is 0 Å². The molecule has 0 aliphatic carbocycles. The van der Waals surface area contributed by atoms with E-state index in [9.17, 15) is 5.53 Å². The second kappa shape index (κ2) is 36.3. The van der Waals surface area contributed by atoms with Crippen LogP contribution in [0.3, 0.4) is 0 Å². The van der Waals surface area contributed by atoms with Gasteiger partial charge in [0.25, 0.3) is 0 Å². The van der Waals surface area contributed by atoms with Gasteiger partial charge in [-0.15, -0.1) is 0 Å². The minimum Gasteiger partial charge on any atom is -0.493 e. The van der Waals surface area contributed by atoms with Crippen molar-refractivity contribution in [2.24, 2.45) is 0 Å². The van der Waals surface area contributed by atoms with Crippen molar-refractivity contribution in [2.75, 3.05) is 0 Å². The van der Waals surface area contributed by atoms with Crippen molar-refractivity contribution in [3.8, 4) is 0 Å². The topological polar surface area (TPSA) is 25.3 Å². The Morgan fingerprint density at radius 1 is 0.429 bits per heavy atom. The molecule has 0 atom stereocenters. The van der Waals surface area contributed by atoms with Crippen LogP contribution in [-0.2, 0) is 24.4 Å². The van der Waals surface area contributed by atoms with Crippen LogP contribution in [0.2, 0.25) is 9.79 Å². The Labute approximate surface area is 357 Å². The monoisotopic (exact) mass is 859 g/mol. The molecule has 1 aliphatic heterocycles. The zero-order valence-electron chi connectivity index (χ0n) is 37.3. The predicted molar refractivity (Wildman–Crippen MR) is 246 cm³/mol. The second-order valence-corrected chi connectivity index (χ2v) is 19.1. The Morgan fingerprint density at radius 2 is 0.804 bits per heavy atom. The zero-order chi connectivity index (χ0) is 40.2. The first-order valence-corrected chi connectivity index (χ1v) is 26.3. The quantitative estimate of drug-likeness (QED) is 0.0375. The second-order valence-electron chi connectivity index (χ2n) is 16.8. The van der Waals surface area contributed by atoms with Gasteiger partial charge in [0.05, 0.1) is 0 Å². The molecule has 2 aromatic rings. The summed E-state index contributed by atoms with van der Waals surface area (Å²) in [4.78, 5) is 3.09. The molecular formula is C53H88N2Pd. The summed E-state index contributed by atoms with van der Waals surface area (Å²) in [6, 6.07) is 16.7. The molecule has 2 aromatic carbocycles. The van der Waals surface area contributed by atoms with Crippen molar-refractivity contribution in [1.29, 1.82) is 0 Å². The van der Waals surface area contributed by atoms with Gasteiger partial charge in [0.1, 0.15) is 0 Å². The van der Waals surface area contributed by atoms with E-state index in [0.717, 1.165) is 46.9 Å². The van der Waals surface area contributed by atoms with Gasteiger partial charge < -0.3 is 5.53 Å². The van der Waals surface area contributed by atoms with Gasteiger partial charge in [-0.3, -0.25) is 0 Å². The van der Waals surface area contributed by atoms with Crippen molar-refractivity contribution in [2.45, 2.75) is 237 Å². The third-order valence-electron chi connectivity index (χ3n) is 11.4. The summed E-state index contributed by atoms with van der Waals surface area (Å²) in [6.07, 6.45) is 49.0. The van der Waals surface area contributed by atoms with Crippen LogP contribution < -0.4 is 0 Å². The molecule has 0 unspecified atom stereocenters. The van der Waals surface area contributed by atoms with Gasteiger partial charge in [-0.05, 0) is 49.6 Å². The maximum atomic E-state index is 10.6. The Balaban J connectivity index is 0.000000408. The minimum atomic E-state index is 0.818. The Kier molecular flexibility index (Phi) is 32.6. The first-order valence-electron chi connectivity index (χ1n) is 24.1. The number of benzene rings is 2. The van der Waals surface area contributed by atoms with Gasteiger partial charge in [-0.2, -0.15) is 0 Å². The van der Waals surface area contributed by atoms with E-state index in [4.69, 9.17) is 0 Å². The number of aryl methyl sites for hydroxylation is 2. The predicted octanol–water partition coefficient (Wildman–Crippen LogP) is 18.6. The van der Waals surface area contributed by atoms with Gasteiger partial charge in [0.15, 0.2) is 0 Å². The van der Waals surface area contributed by atoms with Crippen LogP contribution in [0.1, 0.15) is 236 Å². The molecule has 56 heavy (non-hydrogen) atoms. The molecule has 0 N–H and O–H groups in total. The number of hydrogen-bond acceptors (Lipinski definition) is 0. The van der Waals surface area contributed by atoms with E-state index >= 15 is 0 Å². The third-order valence-corrected chi connectivity index (χ3v) is 13.6. The van der Waals surface area contributed by atoms with Crippen LogP contribution in [0.5, 0.6) is 0 Å². The molecule has 3 rings (SSSR count). The van der Waals surface area contributed by atoms with Crippen LogP contribution in [0.4, 0.5) is 0 Å². The molecule has 320 valence electrons. The van der Waals surface area contributed by atoms with E-state index in [1.54, 1.807) is 9.79 Å². The zero-order valence-corrected chi connectivity index (χ0v) is 38.9. The molecule has 0 amide bonds. The fraction of sp³-hybridized carbons (Fsp3) is 0.698. The molecule has 0 saturated heterocycles. The fourth-order valence-electron chi connectivity index (χ4n) is 7.68. The third kappa shape index (κ3) is 25.5. The molecule has 0 bridgehead atoms. The number of nitrogens with zero attached hydrogens (tertiary/aromatic N) is 2. The summed E-state index contributed by atoms with van der Waals surface area (Å²) >= 11 is 1.06. The van der Waals surface area contributed by atoms with E-state index in [2.05, 4.69) is 64.1 Å². The van der Waals surface area contributed by atoms with Gasteiger partial charge in [0.2, 0.25) is 11.4 Å². The summed E-state index contributed by atoms with van der Waals surface area (Å²) < 4.78 is 1.29. The molecule has 2 nitrogen and oxygen atoms in total. The molecule has 0 radical (unpaired) electrons. The molecule has 0 aromatic heterocycles. The molecule has 0 saturated carbocycles. The van der Waals surface area contributed by atoms with Gasteiger partial charge >= 0.3 is 169 Å². The summed E-state index contributed by atoms with van der Waals surface area (Å²) in [6.45, 7) is 8.88. The molecular weight excluding hydrogens is 771 g/mol. The normalized spacial score (nSPS) is 12.5. The average Bonchev–Trinajstić information content (AvgIpc) is 3.60. The van der Waals surface area contributed by atoms with Crippen LogP contribution in [-0.4, -0.2) is 4.70 Å². The average molecular weight is 860 g/mol. The van der Waals surface area contributed by atoms with Gasteiger partial charge in [0, 0.05) is 23.3 Å². The summed E-state index contributed by atoms with van der Waals surface area (Å²) in [5.41, 5.74) is 16.8. The molecule has 1 aliphatic rings. The van der Waals surface area contributed by atoms with E-state index in [1.807, 2.05) is 24.3 Å². The van der Waals surface area contributed by atoms with Crippen LogP contribution >= 0.6 is 0 Å². The Bertz CT molecular complexity index is 1240. The van der Waals surface area contributed by atoms with E-state index < -0.39 is 0 Å². The maximum absolute atomic E-state index is 10.6. The smallest absolute Gasteiger partial charge is 0.493 e. The molecule has 3 heteroatoms. The number of allylic oxidation sites excluding steroid dienone is 2. The minimum absolute atomic E-state index is 0.818. The molecule has 0 spiro atoms.